The molecule has 2 bridgehead atoms. The molecule has 5 rings (SSSR count). The van der Waals surface area contributed by atoms with Crippen molar-refractivity contribution < 1.29 is 41.1 Å². The van der Waals surface area contributed by atoms with Gasteiger partial charge in [-0.25, -0.2) is 8.78 Å². The summed E-state index contributed by atoms with van der Waals surface area (Å²) in [6.45, 7) is 3.88. The summed E-state index contributed by atoms with van der Waals surface area (Å²) in [5, 5.41) is 16.6. The van der Waals surface area contributed by atoms with Crippen molar-refractivity contribution in [2.45, 2.75) is 62.3 Å². The van der Waals surface area contributed by atoms with Gasteiger partial charge in [0, 0.05) is 37.3 Å². The molecule has 3 aliphatic carbocycles. The number of alkyl halides is 5. The number of nitrogens with zero attached hydrogens (tertiary/aromatic N) is 2. The van der Waals surface area contributed by atoms with Crippen molar-refractivity contribution in [2.75, 3.05) is 13.1 Å². The van der Waals surface area contributed by atoms with Crippen LogP contribution in [0, 0.1) is 46.3 Å². The fraction of sp³-hybridized carbons (Fsp3) is 0.667. The zero-order valence-electron chi connectivity index (χ0n) is 21.9. The van der Waals surface area contributed by atoms with Gasteiger partial charge in [0.2, 0.25) is 23.6 Å². The molecule has 0 aromatic rings. The largest absolute Gasteiger partial charge is 0.471 e. The molecule has 9 nitrogen and oxygen atoms in total. The van der Waals surface area contributed by atoms with Gasteiger partial charge in [-0.3, -0.25) is 19.2 Å². The molecule has 0 radical (unpaired) electrons. The van der Waals surface area contributed by atoms with Crippen molar-refractivity contribution >= 4 is 23.6 Å². The minimum atomic E-state index is -5.39. The second-order valence-corrected chi connectivity index (χ2v) is 11.9. The van der Waals surface area contributed by atoms with E-state index in [-0.39, 0.29) is 36.6 Å². The predicted molar refractivity (Wildman–Crippen MR) is 131 cm³/mol. The summed E-state index contributed by atoms with van der Waals surface area (Å²) in [7, 11) is 0. The average Bonchev–Trinajstić information content (AvgIpc) is 3.66. The van der Waals surface area contributed by atoms with Crippen molar-refractivity contribution in [3.63, 3.8) is 0 Å². The van der Waals surface area contributed by atoms with Crippen LogP contribution in [0.2, 0.25) is 0 Å². The Morgan fingerprint density at radius 3 is 2.46 bits per heavy atom. The third-order valence-corrected chi connectivity index (χ3v) is 9.44. The minimum Gasteiger partial charge on any atom is -0.356 e. The van der Waals surface area contributed by atoms with E-state index in [1.165, 1.54) is 0 Å². The molecule has 14 heteroatoms. The van der Waals surface area contributed by atoms with Crippen LogP contribution in [0.25, 0.3) is 0 Å². The lowest BCUT2D eigenvalue weighted by Crippen LogP contribution is -2.66. The Labute approximate surface area is 232 Å². The quantitative estimate of drug-likeness (QED) is 0.297. The molecule has 4 fully saturated rings. The summed E-state index contributed by atoms with van der Waals surface area (Å²) in [6.07, 6.45) is -1.28. The highest BCUT2D eigenvalue weighted by molar-refractivity contribution is 5.95. The average molecular weight is 584 g/mol. The minimum absolute atomic E-state index is 0.0108. The molecule has 0 spiro atoms. The Morgan fingerprint density at radius 1 is 1.22 bits per heavy atom. The summed E-state index contributed by atoms with van der Waals surface area (Å²) in [6, 6.07) is -2.37. The van der Waals surface area contributed by atoms with Crippen LogP contribution in [0.3, 0.4) is 0 Å². The first-order chi connectivity index (χ1) is 19.2. The van der Waals surface area contributed by atoms with Crippen molar-refractivity contribution in [1.82, 2.24) is 20.9 Å². The van der Waals surface area contributed by atoms with Crippen molar-refractivity contribution in [3.05, 3.63) is 24.8 Å². The maximum Gasteiger partial charge on any atom is 0.471 e. The summed E-state index contributed by atoms with van der Waals surface area (Å²) in [5.74, 6) is -9.00. The van der Waals surface area contributed by atoms with Crippen LogP contribution in [0.4, 0.5) is 22.0 Å². The number of nitriles is 1. The van der Waals surface area contributed by atoms with E-state index in [2.05, 4.69) is 17.2 Å². The van der Waals surface area contributed by atoms with Crippen molar-refractivity contribution in [1.29, 1.82) is 5.26 Å². The lowest BCUT2D eigenvalue weighted by Gasteiger charge is -2.50. The van der Waals surface area contributed by atoms with Gasteiger partial charge in [-0.05, 0) is 42.9 Å². The molecule has 0 unspecified atom stereocenters. The number of amides is 4. The number of hydrogen-bond donors (Lipinski definition) is 3. The molecule has 3 N–H and O–H groups in total. The van der Waals surface area contributed by atoms with Gasteiger partial charge >= 0.3 is 12.1 Å². The highest BCUT2D eigenvalue weighted by Gasteiger charge is 2.64. The third-order valence-electron chi connectivity index (χ3n) is 9.44. The van der Waals surface area contributed by atoms with Gasteiger partial charge in [0.15, 0.2) is 0 Å². The molecule has 2 saturated carbocycles. The SMILES string of the molecule is C=CC1([C@H](NC(=O)C(F)(F)F)C(=O)N2C[C@H]3[C@@H]([C@H]2C(=O)N[C@H](C#N)C[C@@H]2CCNC2=O)[C@H]2C=C[C@@H]3C2)CC(F)(F)C1. The molecule has 8 atom stereocenters. The summed E-state index contributed by atoms with van der Waals surface area (Å²) in [5.41, 5.74) is -1.86. The van der Waals surface area contributed by atoms with E-state index in [1.807, 2.05) is 18.2 Å². The van der Waals surface area contributed by atoms with E-state index in [0.717, 1.165) is 17.4 Å². The predicted octanol–water partition coefficient (Wildman–Crippen LogP) is 1.82. The van der Waals surface area contributed by atoms with Crippen LogP contribution in [-0.4, -0.2) is 71.8 Å². The number of rotatable bonds is 8. The number of likely N-dealkylation sites (tertiary alicyclic amines) is 1. The van der Waals surface area contributed by atoms with Crippen molar-refractivity contribution in [2.24, 2.45) is 35.0 Å². The Balaban J connectivity index is 1.44. The van der Waals surface area contributed by atoms with Crippen LogP contribution in [0.15, 0.2) is 24.8 Å². The summed E-state index contributed by atoms with van der Waals surface area (Å²) < 4.78 is 67.8. The smallest absolute Gasteiger partial charge is 0.356 e. The van der Waals surface area contributed by atoms with Crippen LogP contribution in [0.5, 0.6) is 0 Å². The van der Waals surface area contributed by atoms with Gasteiger partial charge in [0.05, 0.1) is 6.07 Å². The van der Waals surface area contributed by atoms with Gasteiger partial charge in [-0.15, -0.1) is 6.58 Å². The molecule has 222 valence electrons. The normalized spacial score (nSPS) is 33.7. The van der Waals surface area contributed by atoms with Crippen LogP contribution >= 0.6 is 0 Å². The number of carbonyl (C=O) groups excluding carboxylic acids is 4. The molecule has 5 aliphatic rings. The molecule has 0 aromatic carbocycles. The first-order valence-corrected chi connectivity index (χ1v) is 13.6. The second kappa shape index (κ2) is 10.1. The first kappa shape index (κ1) is 29.0. The van der Waals surface area contributed by atoms with Crippen LogP contribution < -0.4 is 16.0 Å². The molecule has 41 heavy (non-hydrogen) atoms. The fourth-order valence-electron chi connectivity index (χ4n) is 7.54. The fourth-order valence-corrected chi connectivity index (χ4v) is 7.54. The molecule has 2 saturated heterocycles. The monoisotopic (exact) mass is 583 g/mol. The Kier molecular flexibility index (Phi) is 7.14. The second-order valence-electron chi connectivity index (χ2n) is 11.9. The first-order valence-electron chi connectivity index (χ1n) is 13.6. The standard InChI is InChI=1S/C27H30F5N5O4/c1-2-25(11-26(28,29)12-25)20(36-24(41)27(30,31)32)23(40)37-10-17-13-3-4-14(7-13)18(17)19(37)22(39)35-16(9-33)8-15-5-6-34-21(15)38/h2-4,13-20H,1,5-8,10-12H2,(H,34,38)(H,35,39)(H,36,41)/t13-,14+,15+,16+,17-,18+,19+,20-/m1/s1. The van der Waals surface area contributed by atoms with E-state index < -0.39 is 78.0 Å². The third kappa shape index (κ3) is 5.08. The van der Waals surface area contributed by atoms with Crippen molar-refractivity contribution in [3.8, 4) is 6.07 Å². The highest BCUT2D eigenvalue weighted by Crippen LogP contribution is 2.57. The number of hydrogen-bond acceptors (Lipinski definition) is 5. The van der Waals surface area contributed by atoms with Crippen LogP contribution in [0.1, 0.15) is 32.1 Å². The van der Waals surface area contributed by atoms with Crippen LogP contribution in [-0.2, 0) is 19.2 Å². The number of halogens is 5. The Hall–Kier alpha value is -3.50. The van der Waals surface area contributed by atoms with E-state index >= 15 is 0 Å². The molecular weight excluding hydrogens is 553 g/mol. The van der Waals surface area contributed by atoms with Gasteiger partial charge in [0.25, 0.3) is 0 Å². The number of allylic oxidation sites excluding steroid dienone is 2. The Morgan fingerprint density at radius 2 is 1.90 bits per heavy atom. The molecule has 0 aromatic heterocycles. The van der Waals surface area contributed by atoms with E-state index in [4.69, 9.17) is 0 Å². The zero-order chi connectivity index (χ0) is 29.9. The number of fused-ring (bicyclic) bond motifs is 5. The molecule has 2 aliphatic heterocycles. The zero-order valence-corrected chi connectivity index (χ0v) is 21.9. The topological polar surface area (TPSA) is 131 Å². The van der Waals surface area contributed by atoms with Gasteiger partial charge in [0.1, 0.15) is 18.1 Å². The van der Waals surface area contributed by atoms with Gasteiger partial charge in [-0.2, -0.15) is 18.4 Å². The summed E-state index contributed by atoms with van der Waals surface area (Å²) >= 11 is 0. The maximum atomic E-state index is 14.0. The lowest BCUT2D eigenvalue weighted by molar-refractivity contribution is -0.185. The number of nitrogens with one attached hydrogen (secondary N) is 3. The van der Waals surface area contributed by atoms with E-state index in [0.29, 0.717) is 13.0 Å². The lowest BCUT2D eigenvalue weighted by atomic mass is 9.61. The highest BCUT2D eigenvalue weighted by atomic mass is 19.4. The molecule has 2 heterocycles. The number of carbonyl (C=O) groups is 4. The van der Waals surface area contributed by atoms with E-state index in [1.54, 1.807) is 5.32 Å². The Bertz CT molecular complexity index is 1220. The van der Waals surface area contributed by atoms with E-state index in [9.17, 15) is 46.4 Å². The summed E-state index contributed by atoms with van der Waals surface area (Å²) in [4.78, 5) is 52.8. The van der Waals surface area contributed by atoms with Gasteiger partial charge < -0.3 is 20.9 Å². The molecular formula is C27H30F5N5O4. The van der Waals surface area contributed by atoms with Gasteiger partial charge in [-0.1, -0.05) is 18.2 Å². The maximum absolute atomic E-state index is 14.0. The molecule has 4 amide bonds.